The molecule has 0 saturated carbocycles. The van der Waals surface area contributed by atoms with Crippen LogP contribution >= 0.6 is 0 Å². The van der Waals surface area contributed by atoms with Gasteiger partial charge in [-0.25, -0.2) is 9.78 Å². The van der Waals surface area contributed by atoms with Gasteiger partial charge in [0.25, 0.3) is 5.91 Å². The Hall–Kier alpha value is -2.31. The van der Waals surface area contributed by atoms with Crippen LogP contribution in [-0.4, -0.2) is 47.1 Å². The lowest BCUT2D eigenvalue weighted by molar-refractivity contribution is 0.0183. The van der Waals surface area contributed by atoms with Crippen LogP contribution in [0.25, 0.3) is 0 Å². The predicted molar refractivity (Wildman–Crippen MR) is 91.5 cm³/mol. The Bertz CT molecular complexity index is 590. The molecule has 3 N–H and O–H groups in total. The van der Waals surface area contributed by atoms with Gasteiger partial charge in [-0.2, -0.15) is 0 Å². The fourth-order valence-electron chi connectivity index (χ4n) is 2.59. The normalized spacial score (nSPS) is 15.9. The van der Waals surface area contributed by atoms with Crippen LogP contribution in [0, 0.1) is 5.92 Å². The molecular weight excluding hydrogens is 308 g/mol. The van der Waals surface area contributed by atoms with Crippen molar-refractivity contribution in [1.29, 1.82) is 0 Å². The second-order valence-corrected chi connectivity index (χ2v) is 7.06. The maximum atomic E-state index is 12.1. The maximum absolute atomic E-state index is 12.1. The number of ether oxygens (including phenoxy) is 1. The molecule has 2 heterocycles. The minimum Gasteiger partial charge on any atom is -0.444 e. The summed E-state index contributed by atoms with van der Waals surface area (Å²) in [5.41, 5.74) is 5.61. The highest BCUT2D eigenvalue weighted by atomic mass is 16.6. The van der Waals surface area contributed by atoms with Gasteiger partial charge in [0.05, 0.1) is 5.56 Å². The molecule has 0 aliphatic carbocycles. The predicted octanol–water partition coefficient (Wildman–Crippen LogP) is 2.04. The molecule has 1 aromatic heterocycles. The second kappa shape index (κ2) is 7.51. The molecule has 7 nitrogen and oxygen atoms in total. The monoisotopic (exact) mass is 334 g/mol. The molecule has 1 fully saturated rings. The Balaban J connectivity index is 1.76. The fourth-order valence-corrected chi connectivity index (χ4v) is 2.59. The van der Waals surface area contributed by atoms with Crippen molar-refractivity contribution in [3.8, 4) is 0 Å². The van der Waals surface area contributed by atoms with Crippen LogP contribution < -0.4 is 11.1 Å². The van der Waals surface area contributed by atoms with Crippen LogP contribution in [0.4, 0.5) is 10.6 Å². The molecule has 132 valence electrons. The number of carbonyl (C=O) groups excluding carboxylic acids is 2. The Morgan fingerprint density at radius 1 is 1.38 bits per heavy atom. The van der Waals surface area contributed by atoms with Crippen molar-refractivity contribution in [1.82, 2.24) is 15.2 Å². The summed E-state index contributed by atoms with van der Waals surface area (Å²) in [6, 6.07) is 3.34. The number of nitrogens with one attached hydrogen (secondary N) is 1. The molecule has 1 saturated heterocycles. The number of hydrogen-bond donors (Lipinski definition) is 2. The van der Waals surface area contributed by atoms with Crippen LogP contribution in [0.2, 0.25) is 0 Å². The van der Waals surface area contributed by atoms with Gasteiger partial charge in [-0.05, 0) is 51.7 Å². The first kappa shape index (κ1) is 18.0. The average molecular weight is 334 g/mol. The van der Waals surface area contributed by atoms with E-state index in [-0.39, 0.29) is 17.8 Å². The zero-order valence-electron chi connectivity index (χ0n) is 14.5. The minimum absolute atomic E-state index is 0.213. The number of pyridine rings is 1. The lowest BCUT2D eigenvalue weighted by Gasteiger charge is -2.33. The van der Waals surface area contributed by atoms with Crippen molar-refractivity contribution in [3.05, 3.63) is 23.9 Å². The molecule has 0 atom stereocenters. The van der Waals surface area contributed by atoms with Crippen molar-refractivity contribution >= 4 is 17.8 Å². The Morgan fingerprint density at radius 2 is 2.04 bits per heavy atom. The van der Waals surface area contributed by atoms with E-state index in [0.717, 1.165) is 12.8 Å². The summed E-state index contributed by atoms with van der Waals surface area (Å²) in [6.07, 6.45) is 2.95. The van der Waals surface area contributed by atoms with E-state index in [1.54, 1.807) is 23.2 Å². The molecule has 1 aliphatic heterocycles. The van der Waals surface area contributed by atoms with Gasteiger partial charge in [-0.1, -0.05) is 0 Å². The number of amides is 2. The zero-order chi connectivity index (χ0) is 17.7. The van der Waals surface area contributed by atoms with Gasteiger partial charge in [0, 0.05) is 25.8 Å². The largest absolute Gasteiger partial charge is 0.444 e. The standard InChI is InChI=1S/C17H26N4O3/c1-17(2,3)24-16(23)21-9-6-12(7-10-21)11-20-15(22)13-5-4-8-19-14(13)18/h4-5,8,12H,6-7,9-11H2,1-3H3,(H2,18,19)(H,20,22). The van der Waals surface area contributed by atoms with Gasteiger partial charge < -0.3 is 20.7 Å². The molecule has 2 amide bonds. The molecule has 0 unspecified atom stereocenters. The lowest BCUT2D eigenvalue weighted by Crippen LogP contribution is -2.43. The van der Waals surface area contributed by atoms with Gasteiger partial charge in [0.1, 0.15) is 11.4 Å². The number of nitrogen functional groups attached to an aromatic ring is 1. The number of rotatable bonds is 3. The van der Waals surface area contributed by atoms with Gasteiger partial charge in [-0.15, -0.1) is 0 Å². The SMILES string of the molecule is CC(C)(C)OC(=O)N1CCC(CNC(=O)c2cccnc2N)CC1. The number of nitrogens with two attached hydrogens (primary N) is 1. The summed E-state index contributed by atoms with van der Waals surface area (Å²) < 4.78 is 5.38. The average Bonchev–Trinajstić information content (AvgIpc) is 2.52. The summed E-state index contributed by atoms with van der Waals surface area (Å²) >= 11 is 0. The van der Waals surface area contributed by atoms with E-state index in [2.05, 4.69) is 10.3 Å². The Kier molecular flexibility index (Phi) is 5.64. The van der Waals surface area contributed by atoms with E-state index in [1.807, 2.05) is 20.8 Å². The van der Waals surface area contributed by atoms with Crippen LogP contribution in [0.1, 0.15) is 44.0 Å². The highest BCUT2D eigenvalue weighted by Gasteiger charge is 2.27. The maximum Gasteiger partial charge on any atom is 0.410 e. The zero-order valence-corrected chi connectivity index (χ0v) is 14.5. The van der Waals surface area contributed by atoms with Crippen molar-refractivity contribution in [3.63, 3.8) is 0 Å². The number of aromatic nitrogens is 1. The topological polar surface area (TPSA) is 97.5 Å². The Labute approximate surface area is 142 Å². The van der Waals surface area contributed by atoms with E-state index in [0.29, 0.717) is 31.1 Å². The van der Waals surface area contributed by atoms with E-state index in [1.165, 1.54) is 0 Å². The third kappa shape index (κ3) is 5.11. The molecule has 0 bridgehead atoms. The number of hydrogen-bond acceptors (Lipinski definition) is 5. The quantitative estimate of drug-likeness (QED) is 0.881. The van der Waals surface area contributed by atoms with Gasteiger partial charge in [0.2, 0.25) is 0 Å². The molecule has 1 aliphatic rings. The fraction of sp³-hybridized carbons (Fsp3) is 0.588. The smallest absolute Gasteiger partial charge is 0.410 e. The Morgan fingerprint density at radius 3 is 2.62 bits per heavy atom. The van der Waals surface area contributed by atoms with E-state index in [9.17, 15) is 9.59 Å². The summed E-state index contributed by atoms with van der Waals surface area (Å²) in [7, 11) is 0. The van der Waals surface area contributed by atoms with E-state index in [4.69, 9.17) is 10.5 Å². The molecule has 0 spiro atoms. The summed E-state index contributed by atoms with van der Waals surface area (Å²) in [6.45, 7) is 7.43. The molecule has 24 heavy (non-hydrogen) atoms. The third-order valence-corrected chi connectivity index (χ3v) is 3.90. The minimum atomic E-state index is -0.481. The second-order valence-electron chi connectivity index (χ2n) is 7.06. The molecule has 7 heteroatoms. The molecule has 0 radical (unpaired) electrons. The molecule has 2 rings (SSSR count). The van der Waals surface area contributed by atoms with Crippen molar-refractivity contribution in [2.24, 2.45) is 5.92 Å². The van der Waals surface area contributed by atoms with Crippen molar-refractivity contribution < 1.29 is 14.3 Å². The van der Waals surface area contributed by atoms with Crippen LogP contribution in [0.3, 0.4) is 0 Å². The van der Waals surface area contributed by atoms with Crippen molar-refractivity contribution in [2.45, 2.75) is 39.2 Å². The van der Waals surface area contributed by atoms with Crippen LogP contribution in [-0.2, 0) is 4.74 Å². The summed E-state index contributed by atoms with van der Waals surface area (Å²) in [5.74, 6) is 0.357. The van der Waals surface area contributed by atoms with E-state index >= 15 is 0 Å². The first-order valence-corrected chi connectivity index (χ1v) is 8.23. The number of likely N-dealkylation sites (tertiary alicyclic amines) is 1. The number of carbonyl (C=O) groups is 2. The third-order valence-electron chi connectivity index (χ3n) is 3.90. The highest BCUT2D eigenvalue weighted by Crippen LogP contribution is 2.19. The van der Waals surface area contributed by atoms with Crippen LogP contribution in [0.15, 0.2) is 18.3 Å². The molecule has 0 aromatic carbocycles. The van der Waals surface area contributed by atoms with Crippen molar-refractivity contribution in [2.75, 3.05) is 25.4 Å². The molecular formula is C17H26N4O3. The van der Waals surface area contributed by atoms with E-state index < -0.39 is 5.60 Å². The van der Waals surface area contributed by atoms with Gasteiger partial charge in [0.15, 0.2) is 0 Å². The number of piperidine rings is 1. The number of anilines is 1. The summed E-state index contributed by atoms with van der Waals surface area (Å²) in [5, 5.41) is 2.90. The highest BCUT2D eigenvalue weighted by molar-refractivity contribution is 5.98. The first-order valence-electron chi connectivity index (χ1n) is 8.23. The summed E-state index contributed by atoms with van der Waals surface area (Å²) in [4.78, 5) is 29.8. The lowest BCUT2D eigenvalue weighted by atomic mass is 9.97. The van der Waals surface area contributed by atoms with Gasteiger partial charge >= 0.3 is 6.09 Å². The van der Waals surface area contributed by atoms with Gasteiger partial charge in [-0.3, -0.25) is 4.79 Å². The number of nitrogens with zero attached hydrogens (tertiary/aromatic N) is 2. The van der Waals surface area contributed by atoms with Crippen LogP contribution in [0.5, 0.6) is 0 Å². The molecule has 1 aromatic rings. The first-order chi connectivity index (χ1) is 11.3.